The molecule has 2 aliphatic rings. The first-order valence-electron chi connectivity index (χ1n) is 6.77. The van der Waals surface area contributed by atoms with Gasteiger partial charge in [-0.2, -0.15) is 0 Å². The molecule has 7 heteroatoms. The van der Waals surface area contributed by atoms with Crippen LogP contribution >= 0.6 is 11.8 Å². The predicted molar refractivity (Wildman–Crippen MR) is 73.8 cm³/mol. The summed E-state index contributed by atoms with van der Waals surface area (Å²) in [4.78, 5) is 11.8. The summed E-state index contributed by atoms with van der Waals surface area (Å²) in [6, 6.07) is 0.727. The molecule has 0 radical (unpaired) electrons. The van der Waals surface area contributed by atoms with Crippen molar-refractivity contribution in [2.24, 2.45) is 5.92 Å². The summed E-state index contributed by atoms with van der Waals surface area (Å²) < 4.78 is 1.95. The number of thioether (sulfide) groups is 1. The van der Waals surface area contributed by atoms with Gasteiger partial charge in [0.2, 0.25) is 11.9 Å². The van der Waals surface area contributed by atoms with E-state index in [0.29, 0.717) is 29.7 Å². The first kappa shape index (κ1) is 12.8. The van der Waals surface area contributed by atoms with E-state index in [-0.39, 0.29) is 5.91 Å². The Labute approximate surface area is 116 Å². The Kier molecular flexibility index (Phi) is 3.38. The van der Waals surface area contributed by atoms with Crippen molar-refractivity contribution in [1.82, 2.24) is 20.1 Å². The van der Waals surface area contributed by atoms with Gasteiger partial charge in [-0.3, -0.25) is 9.36 Å². The highest BCUT2D eigenvalue weighted by molar-refractivity contribution is 7.99. The van der Waals surface area contributed by atoms with Crippen LogP contribution in [0.3, 0.4) is 0 Å². The van der Waals surface area contributed by atoms with Crippen LogP contribution in [0.2, 0.25) is 0 Å². The molecule has 3 N–H and O–H groups in total. The SMILES string of the molecule is CC(NC(=O)CSc1nnc(N)n1C1CC1)C1CC1. The molecule has 0 aliphatic heterocycles. The van der Waals surface area contributed by atoms with Crippen molar-refractivity contribution in [3.05, 3.63) is 0 Å². The van der Waals surface area contributed by atoms with E-state index in [1.54, 1.807) is 0 Å². The Morgan fingerprint density at radius 3 is 2.84 bits per heavy atom. The number of carbonyl (C=O) groups excluding carboxylic acids is 1. The van der Waals surface area contributed by atoms with Crippen LogP contribution in [0.4, 0.5) is 5.95 Å². The third kappa shape index (κ3) is 3.02. The highest BCUT2D eigenvalue weighted by atomic mass is 32.2. The minimum absolute atomic E-state index is 0.0633. The van der Waals surface area contributed by atoms with Gasteiger partial charge in [-0.15, -0.1) is 10.2 Å². The van der Waals surface area contributed by atoms with Gasteiger partial charge >= 0.3 is 0 Å². The molecule has 104 valence electrons. The molecule has 2 aliphatic carbocycles. The van der Waals surface area contributed by atoms with E-state index < -0.39 is 0 Å². The largest absolute Gasteiger partial charge is 0.368 e. The Hall–Kier alpha value is -1.24. The quantitative estimate of drug-likeness (QED) is 0.765. The van der Waals surface area contributed by atoms with Crippen LogP contribution in [-0.4, -0.2) is 32.5 Å². The first-order valence-corrected chi connectivity index (χ1v) is 7.76. The van der Waals surface area contributed by atoms with Crippen LogP contribution in [0.25, 0.3) is 0 Å². The molecular weight excluding hydrogens is 262 g/mol. The normalized spacial score (nSPS) is 20.3. The van der Waals surface area contributed by atoms with Gasteiger partial charge in [0.1, 0.15) is 0 Å². The van der Waals surface area contributed by atoms with E-state index >= 15 is 0 Å². The highest BCUT2D eigenvalue weighted by Gasteiger charge is 2.30. The van der Waals surface area contributed by atoms with Gasteiger partial charge in [-0.25, -0.2) is 0 Å². The van der Waals surface area contributed by atoms with E-state index in [9.17, 15) is 4.79 Å². The minimum atomic E-state index is 0.0633. The second kappa shape index (κ2) is 5.03. The average molecular weight is 281 g/mol. The van der Waals surface area contributed by atoms with Crippen LogP contribution in [-0.2, 0) is 4.79 Å². The third-order valence-corrected chi connectivity index (χ3v) is 4.60. The van der Waals surface area contributed by atoms with Crippen molar-refractivity contribution < 1.29 is 4.79 Å². The van der Waals surface area contributed by atoms with Gasteiger partial charge in [-0.1, -0.05) is 11.8 Å². The van der Waals surface area contributed by atoms with Gasteiger partial charge < -0.3 is 11.1 Å². The van der Waals surface area contributed by atoms with Crippen LogP contribution in [0.5, 0.6) is 0 Å². The summed E-state index contributed by atoms with van der Waals surface area (Å²) in [5.74, 6) is 1.58. The number of aromatic nitrogens is 3. The van der Waals surface area contributed by atoms with Crippen LogP contribution in [0.1, 0.15) is 38.6 Å². The number of carbonyl (C=O) groups is 1. The highest BCUT2D eigenvalue weighted by Crippen LogP contribution is 2.39. The molecule has 0 spiro atoms. The van der Waals surface area contributed by atoms with E-state index in [4.69, 9.17) is 5.73 Å². The molecule has 1 heterocycles. The lowest BCUT2D eigenvalue weighted by molar-refractivity contribution is -0.119. The summed E-state index contributed by atoms with van der Waals surface area (Å²) in [6.07, 6.45) is 4.73. The number of rotatable bonds is 6. The molecule has 19 heavy (non-hydrogen) atoms. The Morgan fingerprint density at radius 1 is 1.47 bits per heavy atom. The van der Waals surface area contributed by atoms with Crippen LogP contribution in [0.15, 0.2) is 5.16 Å². The third-order valence-electron chi connectivity index (χ3n) is 3.65. The average Bonchev–Trinajstić information content (AvgIpc) is 3.25. The number of anilines is 1. The van der Waals surface area contributed by atoms with Crippen molar-refractivity contribution >= 4 is 23.6 Å². The smallest absolute Gasteiger partial charge is 0.230 e. The zero-order valence-corrected chi connectivity index (χ0v) is 11.8. The predicted octanol–water partition coefficient (Wildman–Crippen LogP) is 1.20. The van der Waals surface area contributed by atoms with E-state index in [1.165, 1.54) is 24.6 Å². The van der Waals surface area contributed by atoms with Crippen LogP contribution < -0.4 is 11.1 Å². The van der Waals surface area contributed by atoms with Crippen molar-refractivity contribution in [3.8, 4) is 0 Å². The molecule has 1 amide bonds. The van der Waals surface area contributed by atoms with Crippen molar-refractivity contribution in [3.63, 3.8) is 0 Å². The maximum Gasteiger partial charge on any atom is 0.230 e. The monoisotopic (exact) mass is 281 g/mol. The van der Waals surface area contributed by atoms with E-state index in [0.717, 1.165) is 18.0 Å². The minimum Gasteiger partial charge on any atom is -0.368 e. The summed E-state index contributed by atoms with van der Waals surface area (Å²) in [7, 11) is 0. The second-order valence-corrected chi connectivity index (χ2v) is 6.37. The summed E-state index contributed by atoms with van der Waals surface area (Å²) in [5.41, 5.74) is 5.79. The fourth-order valence-corrected chi connectivity index (χ4v) is 3.03. The van der Waals surface area contributed by atoms with E-state index in [2.05, 4.69) is 22.4 Å². The lowest BCUT2D eigenvalue weighted by atomic mass is 10.2. The first-order chi connectivity index (χ1) is 9.15. The fraction of sp³-hybridized carbons (Fsp3) is 0.750. The van der Waals surface area contributed by atoms with Gasteiger partial charge in [0.05, 0.1) is 5.75 Å². The van der Waals surface area contributed by atoms with Gasteiger partial charge in [0, 0.05) is 12.1 Å². The molecule has 1 unspecified atom stereocenters. The maximum atomic E-state index is 11.8. The molecule has 3 rings (SSSR count). The Morgan fingerprint density at radius 2 is 2.21 bits per heavy atom. The molecule has 1 atom stereocenters. The fourth-order valence-electron chi connectivity index (χ4n) is 2.20. The van der Waals surface area contributed by atoms with Crippen molar-refractivity contribution in [1.29, 1.82) is 0 Å². The zero-order valence-electron chi connectivity index (χ0n) is 11.0. The lowest BCUT2D eigenvalue weighted by Crippen LogP contribution is -2.35. The number of hydrogen-bond donors (Lipinski definition) is 2. The molecule has 0 saturated heterocycles. The standard InChI is InChI=1S/C12H19N5OS/c1-7(8-2-3-8)14-10(18)6-19-12-16-15-11(13)17(12)9-4-5-9/h7-9H,2-6H2,1H3,(H2,13,15)(H,14,18). The molecule has 1 aromatic heterocycles. The van der Waals surface area contributed by atoms with Crippen molar-refractivity contribution in [2.75, 3.05) is 11.5 Å². The Balaban J connectivity index is 1.52. The lowest BCUT2D eigenvalue weighted by Gasteiger charge is -2.12. The molecule has 1 aromatic rings. The molecule has 0 bridgehead atoms. The number of nitrogens with one attached hydrogen (secondary N) is 1. The summed E-state index contributed by atoms with van der Waals surface area (Å²) >= 11 is 1.42. The molecule has 0 aromatic carbocycles. The summed E-state index contributed by atoms with van der Waals surface area (Å²) in [5, 5.41) is 11.7. The van der Waals surface area contributed by atoms with Gasteiger partial charge in [-0.05, 0) is 38.5 Å². The number of amides is 1. The topological polar surface area (TPSA) is 85.8 Å². The van der Waals surface area contributed by atoms with Gasteiger partial charge in [0.25, 0.3) is 0 Å². The number of nitrogens with two attached hydrogens (primary N) is 1. The Bertz CT molecular complexity index is 480. The summed E-state index contributed by atoms with van der Waals surface area (Å²) in [6.45, 7) is 2.07. The number of hydrogen-bond acceptors (Lipinski definition) is 5. The number of nitrogens with zero attached hydrogens (tertiary/aromatic N) is 3. The van der Waals surface area contributed by atoms with Crippen LogP contribution in [0, 0.1) is 5.92 Å². The van der Waals surface area contributed by atoms with Gasteiger partial charge in [0.15, 0.2) is 5.16 Å². The molecule has 2 fully saturated rings. The van der Waals surface area contributed by atoms with Crippen molar-refractivity contribution in [2.45, 2.75) is 49.8 Å². The molecule has 2 saturated carbocycles. The number of nitrogen functional groups attached to an aromatic ring is 1. The zero-order chi connectivity index (χ0) is 13.4. The molecular formula is C12H19N5OS. The second-order valence-electron chi connectivity index (χ2n) is 5.42. The maximum absolute atomic E-state index is 11.8. The van der Waals surface area contributed by atoms with E-state index in [1.807, 2.05) is 4.57 Å². The molecule has 6 nitrogen and oxygen atoms in total.